The molecule has 1 saturated heterocycles. The fourth-order valence-electron chi connectivity index (χ4n) is 1.47. The van der Waals surface area contributed by atoms with Crippen molar-refractivity contribution in [1.82, 2.24) is 4.90 Å². The molecule has 0 aliphatic carbocycles. The lowest BCUT2D eigenvalue weighted by molar-refractivity contribution is -0.136. The van der Waals surface area contributed by atoms with Crippen molar-refractivity contribution in [2.45, 2.75) is 26.7 Å². The smallest absolute Gasteiger partial charge is 0.222 e. The van der Waals surface area contributed by atoms with Crippen molar-refractivity contribution in [2.24, 2.45) is 5.92 Å². The van der Waals surface area contributed by atoms with Gasteiger partial charge in [-0.1, -0.05) is 13.8 Å². The molecule has 1 aliphatic rings. The van der Waals surface area contributed by atoms with E-state index in [1.807, 2.05) is 13.8 Å². The highest BCUT2D eigenvalue weighted by atomic mass is 16.2. The van der Waals surface area contributed by atoms with Crippen LogP contribution in [0.2, 0.25) is 0 Å². The maximum absolute atomic E-state index is 11.2. The Morgan fingerprint density at radius 3 is 2.83 bits per heavy atom. The fourth-order valence-corrected chi connectivity index (χ4v) is 1.47. The molecule has 1 aliphatic heterocycles. The van der Waals surface area contributed by atoms with Gasteiger partial charge in [0, 0.05) is 31.8 Å². The average Bonchev–Trinajstić information content (AvgIpc) is 2.08. The van der Waals surface area contributed by atoms with Crippen LogP contribution >= 0.6 is 0 Å². The molecular weight excluding hydrogens is 154 g/mol. The number of amides is 1. The third kappa shape index (κ3) is 1.84. The minimum atomic E-state index is 0.0363. The molecule has 1 atom stereocenters. The highest BCUT2D eigenvalue weighted by Crippen LogP contribution is 2.12. The predicted octanol–water partition coefficient (Wildman–Crippen LogP) is 0.834. The van der Waals surface area contributed by atoms with Crippen molar-refractivity contribution >= 4 is 11.7 Å². The maximum Gasteiger partial charge on any atom is 0.222 e. The van der Waals surface area contributed by atoms with Gasteiger partial charge >= 0.3 is 0 Å². The number of carbonyl (C=O) groups excluding carboxylic acids is 2. The summed E-state index contributed by atoms with van der Waals surface area (Å²) in [6, 6.07) is 0. The molecule has 1 unspecified atom stereocenters. The van der Waals surface area contributed by atoms with E-state index in [2.05, 4.69) is 0 Å². The lowest BCUT2D eigenvalue weighted by Gasteiger charge is -2.29. The molecule has 0 radical (unpaired) electrons. The molecule has 0 saturated carbocycles. The van der Waals surface area contributed by atoms with Crippen LogP contribution in [0.3, 0.4) is 0 Å². The Morgan fingerprint density at radius 1 is 1.67 bits per heavy atom. The molecule has 0 aromatic carbocycles. The third-order valence-corrected chi connectivity index (χ3v) is 2.33. The minimum Gasteiger partial charge on any atom is -0.342 e. The average molecular weight is 169 g/mol. The highest BCUT2D eigenvalue weighted by Gasteiger charge is 2.25. The summed E-state index contributed by atoms with van der Waals surface area (Å²) in [6.07, 6.45) is 1.08. The number of hydrogen-bond acceptors (Lipinski definition) is 2. The Kier molecular flexibility index (Phi) is 2.84. The first-order valence-corrected chi connectivity index (χ1v) is 4.45. The second kappa shape index (κ2) is 3.70. The van der Waals surface area contributed by atoms with Gasteiger partial charge in [0.1, 0.15) is 5.78 Å². The van der Waals surface area contributed by atoms with Crippen molar-refractivity contribution in [2.75, 3.05) is 13.1 Å². The second-order valence-electron chi connectivity index (χ2n) is 3.31. The fraction of sp³-hybridized carbons (Fsp3) is 0.778. The number of ketones is 1. The number of carbonyl (C=O) groups is 2. The molecule has 3 nitrogen and oxygen atoms in total. The van der Waals surface area contributed by atoms with Gasteiger partial charge in [0.15, 0.2) is 0 Å². The van der Waals surface area contributed by atoms with Crippen LogP contribution in [-0.2, 0) is 9.59 Å². The van der Waals surface area contributed by atoms with E-state index in [9.17, 15) is 9.59 Å². The molecule has 0 aromatic rings. The number of likely N-dealkylation sites (tertiary alicyclic amines) is 1. The molecule has 0 N–H and O–H groups in total. The number of nitrogens with zero attached hydrogens (tertiary/aromatic N) is 1. The zero-order chi connectivity index (χ0) is 9.14. The second-order valence-corrected chi connectivity index (χ2v) is 3.31. The van der Waals surface area contributed by atoms with E-state index in [1.54, 1.807) is 4.90 Å². The molecule has 0 bridgehead atoms. The first-order chi connectivity index (χ1) is 5.65. The first kappa shape index (κ1) is 9.23. The number of rotatable bonds is 1. The lowest BCUT2D eigenvalue weighted by atomic mass is 9.98. The Bertz CT molecular complexity index is 201. The maximum atomic E-state index is 11.2. The summed E-state index contributed by atoms with van der Waals surface area (Å²) < 4.78 is 0. The number of hydrogen-bond donors (Lipinski definition) is 0. The zero-order valence-corrected chi connectivity index (χ0v) is 7.67. The molecule has 1 heterocycles. The van der Waals surface area contributed by atoms with E-state index in [-0.39, 0.29) is 17.6 Å². The van der Waals surface area contributed by atoms with Crippen LogP contribution in [0.25, 0.3) is 0 Å². The molecule has 12 heavy (non-hydrogen) atoms. The number of Topliss-reactive ketones (excluding diaryl/α,β-unsaturated/α-hetero) is 1. The third-order valence-electron chi connectivity index (χ3n) is 2.33. The standard InChI is InChI=1S/C9H15NO2/c1-3-9(12)10-5-4-8(11)7(2)6-10/h7H,3-6H2,1-2H3. The molecule has 1 fully saturated rings. The van der Waals surface area contributed by atoms with Gasteiger partial charge in [0.05, 0.1) is 0 Å². The van der Waals surface area contributed by atoms with Crippen LogP contribution in [0, 0.1) is 5.92 Å². The Balaban J connectivity index is 2.50. The van der Waals surface area contributed by atoms with Crippen LogP contribution in [0.15, 0.2) is 0 Å². The zero-order valence-electron chi connectivity index (χ0n) is 7.67. The van der Waals surface area contributed by atoms with Crippen LogP contribution in [0.5, 0.6) is 0 Å². The summed E-state index contributed by atoms with van der Waals surface area (Å²) >= 11 is 0. The van der Waals surface area contributed by atoms with Gasteiger partial charge in [-0.05, 0) is 0 Å². The summed E-state index contributed by atoms with van der Waals surface area (Å²) in [4.78, 5) is 24.1. The Morgan fingerprint density at radius 2 is 2.33 bits per heavy atom. The summed E-state index contributed by atoms with van der Waals surface area (Å²) in [5.74, 6) is 0.485. The summed E-state index contributed by atoms with van der Waals surface area (Å²) in [5.41, 5.74) is 0. The van der Waals surface area contributed by atoms with E-state index in [1.165, 1.54) is 0 Å². The van der Waals surface area contributed by atoms with Crippen molar-refractivity contribution in [3.63, 3.8) is 0 Å². The van der Waals surface area contributed by atoms with E-state index < -0.39 is 0 Å². The molecule has 0 aromatic heterocycles. The summed E-state index contributed by atoms with van der Waals surface area (Å²) in [5, 5.41) is 0. The summed E-state index contributed by atoms with van der Waals surface area (Å²) in [7, 11) is 0. The van der Waals surface area contributed by atoms with Crippen LogP contribution < -0.4 is 0 Å². The minimum absolute atomic E-state index is 0.0363. The molecule has 68 valence electrons. The summed E-state index contributed by atoms with van der Waals surface area (Å²) in [6.45, 7) is 4.97. The van der Waals surface area contributed by atoms with Crippen LogP contribution in [-0.4, -0.2) is 29.7 Å². The van der Waals surface area contributed by atoms with E-state index in [4.69, 9.17) is 0 Å². The molecule has 0 spiro atoms. The van der Waals surface area contributed by atoms with Gasteiger partial charge in [-0.2, -0.15) is 0 Å². The van der Waals surface area contributed by atoms with Gasteiger partial charge in [0.25, 0.3) is 0 Å². The molecular formula is C9H15NO2. The quantitative estimate of drug-likeness (QED) is 0.583. The predicted molar refractivity (Wildman–Crippen MR) is 45.7 cm³/mol. The molecule has 1 rings (SSSR count). The van der Waals surface area contributed by atoms with Gasteiger partial charge in [-0.3, -0.25) is 9.59 Å². The van der Waals surface area contributed by atoms with Crippen molar-refractivity contribution < 1.29 is 9.59 Å². The lowest BCUT2D eigenvalue weighted by Crippen LogP contribution is -2.42. The molecule has 3 heteroatoms. The van der Waals surface area contributed by atoms with E-state index in [0.29, 0.717) is 25.9 Å². The van der Waals surface area contributed by atoms with Gasteiger partial charge in [-0.15, -0.1) is 0 Å². The highest BCUT2D eigenvalue weighted by molar-refractivity contribution is 5.84. The van der Waals surface area contributed by atoms with E-state index in [0.717, 1.165) is 0 Å². The van der Waals surface area contributed by atoms with Gasteiger partial charge in [-0.25, -0.2) is 0 Å². The number of piperidine rings is 1. The topological polar surface area (TPSA) is 37.4 Å². The van der Waals surface area contributed by atoms with Crippen LogP contribution in [0.1, 0.15) is 26.7 Å². The molecule has 1 amide bonds. The SMILES string of the molecule is CCC(=O)N1CCC(=O)C(C)C1. The van der Waals surface area contributed by atoms with Crippen molar-refractivity contribution in [1.29, 1.82) is 0 Å². The van der Waals surface area contributed by atoms with Crippen molar-refractivity contribution in [3.05, 3.63) is 0 Å². The normalized spacial score (nSPS) is 24.3. The van der Waals surface area contributed by atoms with Gasteiger partial charge < -0.3 is 4.90 Å². The van der Waals surface area contributed by atoms with E-state index >= 15 is 0 Å². The van der Waals surface area contributed by atoms with Gasteiger partial charge in [0.2, 0.25) is 5.91 Å². The monoisotopic (exact) mass is 169 g/mol. The largest absolute Gasteiger partial charge is 0.342 e. The first-order valence-electron chi connectivity index (χ1n) is 4.45. The Hall–Kier alpha value is -0.860. The van der Waals surface area contributed by atoms with Crippen LogP contribution in [0.4, 0.5) is 0 Å². The van der Waals surface area contributed by atoms with Crippen molar-refractivity contribution in [3.8, 4) is 0 Å². The Labute approximate surface area is 72.7 Å².